The molecule has 4 heterocycles. The van der Waals surface area contributed by atoms with Gasteiger partial charge in [0.05, 0.1) is 47.2 Å². The largest absolute Gasteiger partial charge is 0.460 e. The fraction of sp³-hybridized carbons (Fsp3) is 0.579. The van der Waals surface area contributed by atoms with E-state index in [-0.39, 0.29) is 48.3 Å². The van der Waals surface area contributed by atoms with Gasteiger partial charge in [0, 0.05) is 71.9 Å². The molecule has 0 amide bonds. The molecule has 0 unspecified atom stereocenters. The highest BCUT2D eigenvalue weighted by Gasteiger charge is 2.48. The van der Waals surface area contributed by atoms with Crippen LogP contribution in [0.15, 0.2) is 46.4 Å². The van der Waals surface area contributed by atoms with Crippen molar-refractivity contribution in [3.05, 3.63) is 59.2 Å². The second-order valence-electron chi connectivity index (χ2n) is 15.5. The van der Waals surface area contributed by atoms with E-state index in [1.165, 1.54) is 35.7 Å². The Morgan fingerprint density at radius 3 is 1.50 bits per heavy atom. The van der Waals surface area contributed by atoms with Gasteiger partial charge in [-0.1, -0.05) is 0 Å². The summed E-state index contributed by atoms with van der Waals surface area (Å²) in [6, 6.07) is 9.20. The van der Waals surface area contributed by atoms with Crippen LogP contribution in [0.4, 0.5) is 20.2 Å². The third kappa shape index (κ3) is 9.66. The van der Waals surface area contributed by atoms with Gasteiger partial charge in [-0.2, -0.15) is 0 Å². The van der Waals surface area contributed by atoms with Gasteiger partial charge in [0.1, 0.15) is 22.8 Å². The predicted octanol–water partition coefficient (Wildman–Crippen LogP) is 7.03. The zero-order valence-electron chi connectivity index (χ0n) is 30.8. The van der Waals surface area contributed by atoms with E-state index in [0.29, 0.717) is 71.9 Å². The van der Waals surface area contributed by atoms with E-state index in [1.807, 2.05) is 41.5 Å². The number of halogens is 2. The number of benzene rings is 2. The summed E-state index contributed by atoms with van der Waals surface area (Å²) < 4.78 is 51.4. The first kappa shape index (κ1) is 40.0. The Labute approximate surface area is 313 Å². The molecule has 4 atom stereocenters. The maximum Gasteiger partial charge on any atom is 0.312 e. The number of carbonyl (C=O) groups excluding carboxylic acids is 2. The molecule has 0 radical (unpaired) electrons. The molecule has 0 aliphatic carbocycles. The Bertz CT molecular complexity index is 1590. The molecule has 4 aliphatic rings. The lowest BCUT2D eigenvalue weighted by molar-refractivity contribution is -0.154. The Morgan fingerprint density at radius 1 is 0.750 bits per heavy atom. The Kier molecular flexibility index (Phi) is 12.3. The lowest BCUT2D eigenvalue weighted by Gasteiger charge is -2.44. The van der Waals surface area contributed by atoms with Crippen LogP contribution in [0, 0.1) is 23.5 Å². The molecule has 0 saturated carbocycles. The van der Waals surface area contributed by atoms with Gasteiger partial charge in [0.25, 0.3) is 0 Å². The highest BCUT2D eigenvalue weighted by Crippen LogP contribution is 2.48. The molecule has 4 aliphatic heterocycles. The van der Waals surface area contributed by atoms with Crippen LogP contribution in [-0.2, 0) is 39.6 Å². The number of nitrogens with zero attached hydrogens (tertiary/aromatic N) is 2. The number of nitrogens with two attached hydrogens (primary N) is 2. The van der Waals surface area contributed by atoms with E-state index in [4.69, 9.17) is 40.4 Å². The number of ether oxygens (including phenoxy) is 4. The number of fused-ring (bicyclic) bond motifs is 2. The molecule has 284 valence electrons. The number of nitrogen functional groups attached to an aromatic ring is 2. The number of hydrogen-bond donors (Lipinski definition) is 2. The van der Waals surface area contributed by atoms with Crippen molar-refractivity contribution in [2.45, 2.75) is 89.5 Å². The first-order valence-corrected chi connectivity index (χ1v) is 19.5. The molecular weight excluding hydrogens is 711 g/mol. The van der Waals surface area contributed by atoms with E-state index in [0.717, 1.165) is 11.5 Å². The van der Waals surface area contributed by atoms with E-state index in [1.54, 1.807) is 24.3 Å². The normalized spacial score (nSPS) is 26.0. The van der Waals surface area contributed by atoms with Crippen LogP contribution in [-0.4, -0.2) is 71.2 Å². The lowest BCUT2D eigenvalue weighted by Crippen LogP contribution is -2.46. The number of aliphatic imine (C=N–C) groups is 2. The summed E-state index contributed by atoms with van der Waals surface area (Å²) in [7, 11) is 0. The monoisotopic (exact) mass is 760 g/mol. The highest BCUT2D eigenvalue weighted by atomic mass is 32.2. The van der Waals surface area contributed by atoms with Crippen molar-refractivity contribution in [2.75, 3.05) is 49.4 Å². The van der Waals surface area contributed by atoms with Gasteiger partial charge >= 0.3 is 11.9 Å². The minimum absolute atomic E-state index is 0.0416. The zero-order valence-corrected chi connectivity index (χ0v) is 32.4. The molecule has 2 aromatic carbocycles. The molecular formula is C38H50F2N4O6S2. The van der Waals surface area contributed by atoms with Gasteiger partial charge in [-0.3, -0.25) is 19.6 Å². The number of anilines is 2. The van der Waals surface area contributed by atoms with Crippen LogP contribution in [0.25, 0.3) is 0 Å². The molecule has 52 heavy (non-hydrogen) atoms. The van der Waals surface area contributed by atoms with Crippen LogP contribution in [0.5, 0.6) is 0 Å². The van der Waals surface area contributed by atoms with Crippen molar-refractivity contribution in [1.29, 1.82) is 0 Å². The molecule has 0 spiro atoms. The standard InChI is InChI=1S/2C19H25FN2O3S/c2*1-18(2,3)25-17(23)9-16-22-19(6-7-24-10-12(19)11-26-16)14-8-13(21)4-5-15(14)20/h2*4-5,8,12H,6-7,9-11,21H2,1-3H3/t2*12-,19-/m00/s1. The smallest absolute Gasteiger partial charge is 0.312 e. The number of carbonyl (C=O) groups is 2. The molecule has 4 N–H and O–H groups in total. The van der Waals surface area contributed by atoms with Crippen molar-refractivity contribution < 1.29 is 37.3 Å². The Balaban J connectivity index is 0.000000201. The second kappa shape index (κ2) is 16.0. The number of hydrogen-bond acceptors (Lipinski definition) is 12. The van der Waals surface area contributed by atoms with E-state index < -0.39 is 22.3 Å². The summed E-state index contributed by atoms with van der Waals surface area (Å²) in [5, 5.41) is 1.36. The maximum absolute atomic E-state index is 14.7. The van der Waals surface area contributed by atoms with Crippen LogP contribution < -0.4 is 11.5 Å². The van der Waals surface area contributed by atoms with Crippen molar-refractivity contribution >= 4 is 56.9 Å². The fourth-order valence-corrected chi connectivity index (χ4v) is 9.35. The molecule has 2 aromatic rings. The molecule has 10 nitrogen and oxygen atoms in total. The van der Waals surface area contributed by atoms with Crippen LogP contribution in [0.1, 0.15) is 78.4 Å². The Morgan fingerprint density at radius 2 is 1.13 bits per heavy atom. The molecule has 14 heteroatoms. The first-order valence-electron chi connectivity index (χ1n) is 17.5. The molecule has 0 aromatic heterocycles. The summed E-state index contributed by atoms with van der Waals surface area (Å²) in [5.41, 5.74) is 11.3. The van der Waals surface area contributed by atoms with Crippen LogP contribution >= 0.6 is 23.5 Å². The maximum atomic E-state index is 14.7. The van der Waals surface area contributed by atoms with Gasteiger partial charge in [-0.05, 0) is 77.9 Å². The van der Waals surface area contributed by atoms with E-state index in [2.05, 4.69) is 0 Å². The molecule has 2 saturated heterocycles. The van der Waals surface area contributed by atoms with Crippen LogP contribution in [0.2, 0.25) is 0 Å². The third-order valence-electron chi connectivity index (χ3n) is 9.14. The predicted molar refractivity (Wildman–Crippen MR) is 204 cm³/mol. The average molecular weight is 761 g/mol. The summed E-state index contributed by atoms with van der Waals surface area (Å²) in [6.07, 6.45) is 1.33. The minimum Gasteiger partial charge on any atom is -0.460 e. The quantitative estimate of drug-likeness (QED) is 0.232. The van der Waals surface area contributed by atoms with Gasteiger partial charge in [0.15, 0.2) is 0 Å². The van der Waals surface area contributed by atoms with Crippen LogP contribution in [0.3, 0.4) is 0 Å². The Hall–Kier alpha value is -3.20. The summed E-state index contributed by atoms with van der Waals surface area (Å²) in [4.78, 5) is 34.2. The lowest BCUT2D eigenvalue weighted by atomic mass is 9.75. The molecule has 6 rings (SSSR count). The van der Waals surface area contributed by atoms with Crippen molar-refractivity contribution in [1.82, 2.24) is 0 Å². The number of thioether (sulfide) groups is 2. The van der Waals surface area contributed by atoms with Gasteiger partial charge in [-0.15, -0.1) is 23.5 Å². The third-order valence-corrected chi connectivity index (χ3v) is 11.4. The van der Waals surface area contributed by atoms with E-state index in [9.17, 15) is 18.4 Å². The fourth-order valence-electron chi connectivity index (χ4n) is 6.92. The zero-order chi connectivity index (χ0) is 37.9. The molecule has 0 bridgehead atoms. The van der Waals surface area contributed by atoms with Gasteiger partial charge < -0.3 is 30.4 Å². The first-order chi connectivity index (χ1) is 24.4. The second-order valence-corrected chi connectivity index (χ2v) is 17.7. The summed E-state index contributed by atoms with van der Waals surface area (Å²) in [6.45, 7) is 13.0. The topological polar surface area (TPSA) is 148 Å². The van der Waals surface area contributed by atoms with Gasteiger partial charge in [-0.25, -0.2) is 8.78 Å². The van der Waals surface area contributed by atoms with E-state index >= 15 is 0 Å². The number of rotatable bonds is 6. The SMILES string of the molecule is CC(C)(C)OC(=O)CC1=N[C@@]2(c3cc(N)ccc3F)CCOC[C@H]2CS1.CC(C)(C)OC(=O)CC1=N[C@@]2(c3cc(N)ccc3F)CCOC[C@H]2CS1. The van der Waals surface area contributed by atoms with Gasteiger partial charge in [0.2, 0.25) is 0 Å². The van der Waals surface area contributed by atoms with Crippen molar-refractivity contribution in [3.63, 3.8) is 0 Å². The minimum atomic E-state index is -0.736. The molecule has 2 fully saturated rings. The average Bonchev–Trinajstić information content (AvgIpc) is 3.05. The summed E-state index contributed by atoms with van der Waals surface area (Å²) >= 11 is 3.04. The van der Waals surface area contributed by atoms with Crippen molar-refractivity contribution in [3.8, 4) is 0 Å². The van der Waals surface area contributed by atoms with Crippen molar-refractivity contribution in [2.24, 2.45) is 21.8 Å². The number of esters is 2. The highest BCUT2D eigenvalue weighted by molar-refractivity contribution is 8.14. The summed E-state index contributed by atoms with van der Waals surface area (Å²) in [5.74, 6) is 0.234.